The van der Waals surface area contributed by atoms with Gasteiger partial charge in [0.25, 0.3) is 0 Å². The number of imidazole rings is 1. The molecule has 0 fully saturated rings. The average Bonchev–Trinajstić information content (AvgIpc) is 3.15. The van der Waals surface area contributed by atoms with E-state index in [1.165, 1.54) is 0 Å². The number of para-hydroxylation sites is 3. The van der Waals surface area contributed by atoms with E-state index in [1.54, 1.807) is 12.1 Å². The van der Waals surface area contributed by atoms with Crippen LogP contribution in [0.15, 0.2) is 78.9 Å². The van der Waals surface area contributed by atoms with Crippen LogP contribution < -0.4 is 10.1 Å². The van der Waals surface area contributed by atoms with Crippen LogP contribution in [0, 0.1) is 0 Å². The SMILES string of the molecule is O=C(Cc1nc2ccccc2n1C[C@H](O)COc1ccccc1)NCc1ccc(Cl)cc1. The fraction of sp³-hybridized carbons (Fsp3) is 0.200. The smallest absolute Gasteiger partial charge is 0.227 e. The summed E-state index contributed by atoms with van der Waals surface area (Å²) in [6.45, 7) is 0.815. The Morgan fingerprint density at radius 2 is 1.75 bits per heavy atom. The van der Waals surface area contributed by atoms with Gasteiger partial charge in [-0.25, -0.2) is 4.98 Å². The number of hydrogen-bond acceptors (Lipinski definition) is 4. The number of halogens is 1. The first-order chi connectivity index (χ1) is 15.6. The molecule has 0 unspecified atom stereocenters. The number of fused-ring (bicyclic) bond motifs is 1. The maximum Gasteiger partial charge on any atom is 0.227 e. The summed E-state index contributed by atoms with van der Waals surface area (Å²) in [6.07, 6.45) is -0.655. The fourth-order valence-corrected chi connectivity index (χ4v) is 3.57. The molecule has 1 atom stereocenters. The summed E-state index contributed by atoms with van der Waals surface area (Å²) in [6, 6.07) is 24.3. The van der Waals surface area contributed by atoms with E-state index in [1.807, 2.05) is 71.3 Å². The second-order valence-electron chi connectivity index (χ2n) is 7.49. The van der Waals surface area contributed by atoms with Crippen LogP contribution in [-0.4, -0.2) is 33.3 Å². The molecule has 2 N–H and O–H groups in total. The molecule has 32 heavy (non-hydrogen) atoms. The summed E-state index contributed by atoms with van der Waals surface area (Å²) < 4.78 is 7.56. The van der Waals surface area contributed by atoms with E-state index in [0.717, 1.165) is 16.6 Å². The third-order valence-corrected chi connectivity index (χ3v) is 5.29. The number of aromatic nitrogens is 2. The van der Waals surface area contributed by atoms with Gasteiger partial charge in [-0.3, -0.25) is 4.79 Å². The molecule has 6 nitrogen and oxygen atoms in total. The van der Waals surface area contributed by atoms with E-state index in [-0.39, 0.29) is 25.5 Å². The zero-order chi connectivity index (χ0) is 22.3. The minimum absolute atomic E-state index is 0.106. The number of aliphatic hydroxyl groups excluding tert-OH is 1. The van der Waals surface area contributed by atoms with Gasteiger partial charge in [0.15, 0.2) is 0 Å². The van der Waals surface area contributed by atoms with Crippen LogP contribution in [0.4, 0.5) is 0 Å². The predicted octanol–water partition coefficient (Wildman–Crippen LogP) is 3.99. The first-order valence-electron chi connectivity index (χ1n) is 10.4. The van der Waals surface area contributed by atoms with Crippen molar-refractivity contribution in [3.05, 3.63) is 95.3 Å². The van der Waals surface area contributed by atoms with Crippen molar-refractivity contribution in [2.24, 2.45) is 0 Å². The second-order valence-corrected chi connectivity index (χ2v) is 7.92. The van der Waals surface area contributed by atoms with Crippen LogP contribution in [0.5, 0.6) is 5.75 Å². The number of nitrogens with one attached hydrogen (secondary N) is 1. The monoisotopic (exact) mass is 449 g/mol. The Morgan fingerprint density at radius 1 is 1.03 bits per heavy atom. The quantitative estimate of drug-likeness (QED) is 0.405. The summed E-state index contributed by atoms with van der Waals surface area (Å²) in [5.74, 6) is 1.15. The van der Waals surface area contributed by atoms with E-state index in [4.69, 9.17) is 16.3 Å². The number of carbonyl (C=O) groups is 1. The molecule has 0 saturated heterocycles. The summed E-state index contributed by atoms with van der Waals surface area (Å²) >= 11 is 5.91. The van der Waals surface area contributed by atoms with Gasteiger partial charge < -0.3 is 19.7 Å². The zero-order valence-electron chi connectivity index (χ0n) is 17.4. The molecule has 0 aliphatic rings. The number of ether oxygens (including phenoxy) is 1. The molecule has 1 aromatic heterocycles. The Morgan fingerprint density at radius 3 is 2.53 bits per heavy atom. The number of nitrogens with zero attached hydrogens (tertiary/aromatic N) is 2. The van der Waals surface area contributed by atoms with Crippen molar-refractivity contribution < 1.29 is 14.6 Å². The van der Waals surface area contributed by atoms with Crippen molar-refractivity contribution >= 4 is 28.5 Å². The van der Waals surface area contributed by atoms with Crippen LogP contribution in [0.2, 0.25) is 5.02 Å². The Balaban J connectivity index is 1.43. The van der Waals surface area contributed by atoms with E-state index < -0.39 is 6.10 Å². The molecule has 0 spiro atoms. The van der Waals surface area contributed by atoms with Crippen molar-refractivity contribution in [3.8, 4) is 5.75 Å². The third kappa shape index (κ3) is 5.66. The molecule has 7 heteroatoms. The van der Waals surface area contributed by atoms with Crippen molar-refractivity contribution in [1.82, 2.24) is 14.9 Å². The molecule has 0 saturated carbocycles. The minimum Gasteiger partial charge on any atom is -0.491 e. The van der Waals surface area contributed by atoms with Crippen LogP contribution >= 0.6 is 11.6 Å². The van der Waals surface area contributed by atoms with E-state index in [2.05, 4.69) is 10.3 Å². The Labute approximate surface area is 191 Å². The molecule has 0 aliphatic heterocycles. The molecule has 0 bridgehead atoms. The summed E-state index contributed by atoms with van der Waals surface area (Å²) in [7, 11) is 0. The lowest BCUT2D eigenvalue weighted by atomic mass is 10.2. The van der Waals surface area contributed by atoms with Gasteiger partial charge in [0.05, 0.1) is 24.0 Å². The van der Waals surface area contributed by atoms with Gasteiger partial charge in [-0.2, -0.15) is 0 Å². The molecule has 4 aromatic rings. The third-order valence-electron chi connectivity index (χ3n) is 5.03. The van der Waals surface area contributed by atoms with Crippen LogP contribution in [0.1, 0.15) is 11.4 Å². The average molecular weight is 450 g/mol. The lowest BCUT2D eigenvalue weighted by Gasteiger charge is -2.16. The lowest BCUT2D eigenvalue weighted by Crippen LogP contribution is -2.28. The number of aliphatic hydroxyl groups is 1. The molecule has 1 heterocycles. The number of amides is 1. The van der Waals surface area contributed by atoms with Crippen molar-refractivity contribution in [3.63, 3.8) is 0 Å². The Bertz CT molecular complexity index is 1180. The van der Waals surface area contributed by atoms with Crippen LogP contribution in [-0.2, 0) is 24.3 Å². The first-order valence-corrected chi connectivity index (χ1v) is 10.8. The normalized spacial score (nSPS) is 11.9. The van der Waals surface area contributed by atoms with Crippen molar-refractivity contribution in [2.75, 3.05) is 6.61 Å². The predicted molar refractivity (Wildman–Crippen MR) is 125 cm³/mol. The molecular formula is C25H24ClN3O3. The standard InChI is InChI=1S/C25H24ClN3O3/c26-19-12-10-18(11-13-19)15-27-25(31)14-24-28-22-8-4-5-9-23(22)29(24)16-20(30)17-32-21-6-2-1-3-7-21/h1-13,20,30H,14-17H2,(H,27,31)/t20-/m0/s1. The first kappa shape index (κ1) is 21.9. The number of hydrogen-bond donors (Lipinski definition) is 2. The lowest BCUT2D eigenvalue weighted by molar-refractivity contribution is -0.120. The van der Waals surface area contributed by atoms with E-state index >= 15 is 0 Å². The van der Waals surface area contributed by atoms with Crippen LogP contribution in [0.3, 0.4) is 0 Å². The van der Waals surface area contributed by atoms with Gasteiger partial charge in [0.2, 0.25) is 5.91 Å². The summed E-state index contributed by atoms with van der Waals surface area (Å²) in [5.41, 5.74) is 2.61. The second kappa shape index (κ2) is 10.3. The van der Waals surface area contributed by atoms with Gasteiger partial charge in [-0.15, -0.1) is 0 Å². The fourth-order valence-electron chi connectivity index (χ4n) is 3.45. The van der Waals surface area contributed by atoms with E-state index in [9.17, 15) is 9.90 Å². The van der Waals surface area contributed by atoms with Crippen LogP contribution in [0.25, 0.3) is 11.0 Å². The topological polar surface area (TPSA) is 76.4 Å². The highest BCUT2D eigenvalue weighted by Crippen LogP contribution is 2.18. The molecule has 4 rings (SSSR count). The molecular weight excluding hydrogens is 426 g/mol. The maximum atomic E-state index is 12.6. The summed E-state index contributed by atoms with van der Waals surface area (Å²) in [5, 5.41) is 14.2. The Kier molecular flexibility index (Phi) is 7.04. The van der Waals surface area contributed by atoms with Gasteiger partial charge >= 0.3 is 0 Å². The highest BCUT2D eigenvalue weighted by Gasteiger charge is 2.17. The zero-order valence-corrected chi connectivity index (χ0v) is 18.2. The molecule has 1 amide bonds. The summed E-state index contributed by atoms with van der Waals surface area (Å²) in [4.78, 5) is 17.2. The van der Waals surface area contributed by atoms with Crippen molar-refractivity contribution in [2.45, 2.75) is 25.6 Å². The highest BCUT2D eigenvalue weighted by atomic mass is 35.5. The number of benzene rings is 3. The molecule has 3 aromatic carbocycles. The van der Waals surface area contributed by atoms with Gasteiger partial charge in [-0.05, 0) is 42.0 Å². The Hall–Kier alpha value is -3.35. The maximum absolute atomic E-state index is 12.6. The molecule has 0 aliphatic carbocycles. The van der Waals surface area contributed by atoms with E-state index in [0.29, 0.717) is 23.1 Å². The minimum atomic E-state index is -0.760. The highest BCUT2D eigenvalue weighted by molar-refractivity contribution is 6.30. The largest absolute Gasteiger partial charge is 0.491 e. The number of carbonyl (C=O) groups excluding carboxylic acids is 1. The van der Waals surface area contributed by atoms with Gasteiger partial charge in [0.1, 0.15) is 24.3 Å². The van der Waals surface area contributed by atoms with Gasteiger partial charge in [-0.1, -0.05) is 54.1 Å². The van der Waals surface area contributed by atoms with Crippen molar-refractivity contribution in [1.29, 1.82) is 0 Å². The number of rotatable bonds is 9. The molecule has 0 radical (unpaired) electrons. The van der Waals surface area contributed by atoms with Gasteiger partial charge in [0, 0.05) is 11.6 Å². The molecule has 164 valence electrons.